The molecule has 0 radical (unpaired) electrons. The lowest BCUT2D eigenvalue weighted by atomic mass is 9.58. The molecule has 10 nitrogen and oxygen atoms in total. The standard InChI is InChI=1S/C30H32FN3O7/c1-12-6-7-14(18(31)8-12)15-11-19(33(2)3)16-9-13-10-17-23(34(4)5)26(37)22(29(32)40)28(39)30(17,41)27(38)20(13)25(36)21(16)24(15)35/h6-8,11,13,17,23,35,37-38,41H,9-10H2,1-5H3,(H2,32,40)/t13-,17-,23-,30-/m0/s1. The van der Waals surface area contributed by atoms with Gasteiger partial charge < -0.3 is 31.1 Å². The first-order valence-electron chi connectivity index (χ1n) is 13.1. The van der Waals surface area contributed by atoms with Crippen molar-refractivity contribution < 1.29 is 39.2 Å². The molecule has 1 amide bonds. The van der Waals surface area contributed by atoms with Crippen LogP contribution >= 0.6 is 0 Å². The number of carbonyl (C=O) groups is 3. The Kier molecular flexibility index (Phi) is 6.51. The fraction of sp³-hybridized carbons (Fsp3) is 0.367. The van der Waals surface area contributed by atoms with Crippen LogP contribution in [0, 0.1) is 24.6 Å². The number of aromatic hydroxyl groups is 1. The van der Waals surface area contributed by atoms with Gasteiger partial charge in [-0.15, -0.1) is 0 Å². The second kappa shape index (κ2) is 9.42. The van der Waals surface area contributed by atoms with Gasteiger partial charge in [0.2, 0.25) is 5.78 Å². The van der Waals surface area contributed by atoms with Gasteiger partial charge in [-0.2, -0.15) is 0 Å². The van der Waals surface area contributed by atoms with E-state index < -0.39 is 69.6 Å². The van der Waals surface area contributed by atoms with E-state index in [-0.39, 0.29) is 35.1 Å². The molecule has 2 aromatic carbocycles. The first-order valence-corrected chi connectivity index (χ1v) is 13.1. The Bertz CT molecular complexity index is 1610. The molecule has 5 rings (SSSR count). The number of ketones is 2. The Morgan fingerprint density at radius 1 is 1.07 bits per heavy atom. The van der Waals surface area contributed by atoms with E-state index in [4.69, 9.17) is 5.73 Å². The van der Waals surface area contributed by atoms with Crippen LogP contribution in [0.5, 0.6) is 5.75 Å². The Morgan fingerprint density at radius 2 is 1.73 bits per heavy atom. The number of aryl methyl sites for hydroxylation is 1. The van der Waals surface area contributed by atoms with Crippen molar-refractivity contribution in [2.45, 2.75) is 31.4 Å². The minimum absolute atomic E-state index is 0.0201. The number of phenols is 1. The van der Waals surface area contributed by atoms with Crippen LogP contribution in [0.4, 0.5) is 10.1 Å². The quantitative estimate of drug-likeness (QED) is 0.350. The molecule has 0 unspecified atom stereocenters. The van der Waals surface area contributed by atoms with Gasteiger partial charge in [-0.25, -0.2) is 4.39 Å². The topological polar surface area (TPSA) is 165 Å². The maximum atomic E-state index is 15.0. The molecule has 0 fully saturated rings. The lowest BCUT2D eigenvalue weighted by Gasteiger charge is -2.50. The van der Waals surface area contributed by atoms with Gasteiger partial charge in [0, 0.05) is 42.4 Å². The van der Waals surface area contributed by atoms with E-state index in [1.807, 2.05) is 0 Å². The number of allylic oxidation sites excluding steroid dienone is 1. The molecule has 0 aliphatic heterocycles. The smallest absolute Gasteiger partial charge is 0.255 e. The summed E-state index contributed by atoms with van der Waals surface area (Å²) in [5.74, 6) is -7.92. The van der Waals surface area contributed by atoms with Crippen molar-refractivity contribution in [2.24, 2.45) is 17.6 Å². The molecular weight excluding hydrogens is 533 g/mol. The second-order valence-electron chi connectivity index (χ2n) is 11.5. The number of hydrogen-bond acceptors (Lipinski definition) is 9. The van der Waals surface area contributed by atoms with Crippen molar-refractivity contribution in [1.82, 2.24) is 4.90 Å². The fourth-order valence-electron chi connectivity index (χ4n) is 6.74. The highest BCUT2D eigenvalue weighted by molar-refractivity contribution is 6.25. The van der Waals surface area contributed by atoms with E-state index in [9.17, 15) is 34.8 Å². The van der Waals surface area contributed by atoms with Gasteiger partial charge in [-0.05, 0) is 63.0 Å². The summed E-state index contributed by atoms with van der Waals surface area (Å²) in [6, 6.07) is 5.00. The largest absolute Gasteiger partial charge is 0.510 e. The Balaban J connectivity index is 1.77. The monoisotopic (exact) mass is 565 g/mol. The van der Waals surface area contributed by atoms with Gasteiger partial charge in [0.05, 0.1) is 11.6 Å². The number of nitrogens with two attached hydrogens (primary N) is 1. The maximum absolute atomic E-state index is 15.0. The number of benzene rings is 2. The van der Waals surface area contributed by atoms with Crippen molar-refractivity contribution in [1.29, 1.82) is 0 Å². The normalized spacial score (nSPS) is 25.7. The third-order valence-electron chi connectivity index (χ3n) is 8.60. The second-order valence-corrected chi connectivity index (χ2v) is 11.5. The van der Waals surface area contributed by atoms with Crippen molar-refractivity contribution in [3.05, 3.63) is 69.4 Å². The maximum Gasteiger partial charge on any atom is 0.255 e. The Labute approximate surface area is 235 Å². The fourth-order valence-corrected chi connectivity index (χ4v) is 6.74. The summed E-state index contributed by atoms with van der Waals surface area (Å²) in [4.78, 5) is 43.0. The molecule has 0 saturated heterocycles. The number of halogens is 1. The molecule has 0 aromatic heterocycles. The third-order valence-corrected chi connectivity index (χ3v) is 8.60. The van der Waals surface area contributed by atoms with Gasteiger partial charge >= 0.3 is 0 Å². The number of primary amides is 1. The Hall–Kier alpha value is -4.22. The van der Waals surface area contributed by atoms with Gasteiger partial charge in [-0.3, -0.25) is 19.3 Å². The van der Waals surface area contributed by atoms with Crippen LogP contribution in [-0.2, 0) is 16.0 Å². The predicted octanol–water partition coefficient (Wildman–Crippen LogP) is 2.30. The van der Waals surface area contributed by atoms with Crippen molar-refractivity contribution in [3.63, 3.8) is 0 Å². The van der Waals surface area contributed by atoms with Gasteiger partial charge in [0.25, 0.3) is 5.91 Å². The lowest BCUT2D eigenvalue weighted by molar-refractivity contribution is -0.148. The Morgan fingerprint density at radius 3 is 2.29 bits per heavy atom. The molecular formula is C30H32FN3O7. The molecule has 2 aromatic rings. The van der Waals surface area contributed by atoms with Gasteiger partial charge in [0.1, 0.15) is 28.7 Å². The number of fused-ring (bicyclic) bond motifs is 3. The van der Waals surface area contributed by atoms with E-state index in [1.54, 1.807) is 52.1 Å². The number of carbonyl (C=O) groups excluding carboxylic acids is 3. The molecule has 216 valence electrons. The van der Waals surface area contributed by atoms with Crippen LogP contribution < -0.4 is 10.6 Å². The average Bonchev–Trinajstić information content (AvgIpc) is 2.86. The summed E-state index contributed by atoms with van der Waals surface area (Å²) < 4.78 is 15.0. The zero-order valence-electron chi connectivity index (χ0n) is 23.3. The van der Waals surface area contributed by atoms with Crippen LogP contribution in [0.1, 0.15) is 27.9 Å². The first kappa shape index (κ1) is 28.3. The molecule has 3 aliphatic carbocycles. The van der Waals surface area contributed by atoms with Gasteiger partial charge in [0.15, 0.2) is 11.4 Å². The summed E-state index contributed by atoms with van der Waals surface area (Å²) in [5, 5.41) is 45.6. The number of Topliss-reactive ketones (excluding diaryl/α,β-unsaturated/α-hetero) is 2. The average molecular weight is 566 g/mol. The minimum Gasteiger partial charge on any atom is -0.510 e. The van der Waals surface area contributed by atoms with Gasteiger partial charge in [-0.1, -0.05) is 12.1 Å². The summed E-state index contributed by atoms with van der Waals surface area (Å²) in [6.45, 7) is 1.72. The number of nitrogens with zero attached hydrogens (tertiary/aromatic N) is 2. The van der Waals surface area contributed by atoms with Crippen LogP contribution in [-0.4, -0.2) is 82.6 Å². The molecule has 0 saturated carbocycles. The number of phenolic OH excluding ortho intramolecular Hbond substituents is 1. The number of hydrogen-bond donors (Lipinski definition) is 5. The van der Waals surface area contributed by atoms with Crippen molar-refractivity contribution >= 4 is 23.2 Å². The SMILES string of the molecule is Cc1ccc(-c2cc(N(C)C)c3c(c2O)C(=O)C2=C(O)[C@]4(O)C(=O)C(C(N)=O)=C(O)[C@@H](N(C)C)[C@@H]4C[C@@H]2C3)c(F)c1. The highest BCUT2D eigenvalue weighted by atomic mass is 19.1. The molecule has 6 N–H and O–H groups in total. The zero-order chi connectivity index (χ0) is 30.3. The summed E-state index contributed by atoms with van der Waals surface area (Å²) in [5.41, 5.74) is 3.14. The van der Waals surface area contributed by atoms with E-state index in [2.05, 4.69) is 0 Å². The lowest BCUT2D eigenvalue weighted by Crippen LogP contribution is -2.63. The summed E-state index contributed by atoms with van der Waals surface area (Å²) >= 11 is 0. The molecule has 0 heterocycles. The molecule has 4 atom stereocenters. The molecule has 0 bridgehead atoms. The number of likely N-dealkylation sites (N-methyl/N-ethyl adjacent to an activating group) is 1. The van der Waals surface area contributed by atoms with Crippen molar-refractivity contribution in [2.75, 3.05) is 33.1 Å². The van der Waals surface area contributed by atoms with E-state index >= 15 is 4.39 Å². The van der Waals surface area contributed by atoms with Crippen LogP contribution in [0.3, 0.4) is 0 Å². The first-order chi connectivity index (χ1) is 19.1. The number of aliphatic hydroxyl groups excluding tert-OH is 2. The van der Waals surface area contributed by atoms with Crippen LogP contribution in [0.15, 0.2) is 46.9 Å². The molecule has 41 heavy (non-hydrogen) atoms. The van der Waals surface area contributed by atoms with E-state index in [0.29, 0.717) is 16.8 Å². The van der Waals surface area contributed by atoms with E-state index in [0.717, 1.165) is 0 Å². The van der Waals surface area contributed by atoms with Crippen molar-refractivity contribution in [3.8, 4) is 16.9 Å². The number of amides is 1. The molecule has 11 heteroatoms. The highest BCUT2D eigenvalue weighted by Crippen LogP contribution is 2.54. The summed E-state index contributed by atoms with van der Waals surface area (Å²) in [6.07, 6.45) is 0.111. The minimum atomic E-state index is -2.73. The molecule has 3 aliphatic rings. The highest BCUT2D eigenvalue weighted by Gasteiger charge is 2.63. The molecule has 0 spiro atoms. The van der Waals surface area contributed by atoms with Crippen LogP contribution in [0.25, 0.3) is 11.1 Å². The number of rotatable bonds is 4. The third kappa shape index (κ3) is 3.86. The zero-order valence-corrected chi connectivity index (χ0v) is 23.3. The predicted molar refractivity (Wildman–Crippen MR) is 148 cm³/mol. The number of anilines is 1. The van der Waals surface area contributed by atoms with Crippen LogP contribution in [0.2, 0.25) is 0 Å². The van der Waals surface area contributed by atoms with E-state index in [1.165, 1.54) is 17.0 Å². The summed E-state index contributed by atoms with van der Waals surface area (Å²) in [7, 11) is 6.62. The number of aliphatic hydroxyl groups is 3.